The zero-order valence-corrected chi connectivity index (χ0v) is 19.7. The Morgan fingerprint density at radius 3 is 2.44 bits per heavy atom. The van der Waals surface area contributed by atoms with E-state index in [2.05, 4.69) is 10.6 Å². The highest BCUT2D eigenvalue weighted by molar-refractivity contribution is 7.13. The summed E-state index contributed by atoms with van der Waals surface area (Å²) in [5.74, 6) is -1.63. The third-order valence-corrected chi connectivity index (χ3v) is 7.19. The van der Waals surface area contributed by atoms with Crippen LogP contribution in [0.2, 0.25) is 0 Å². The van der Waals surface area contributed by atoms with E-state index in [1.54, 1.807) is 49.4 Å². The molecule has 3 aromatic rings. The van der Waals surface area contributed by atoms with Crippen molar-refractivity contribution in [2.45, 2.75) is 31.4 Å². The monoisotopic (exact) mass is 478 g/mol. The van der Waals surface area contributed by atoms with Crippen LogP contribution in [0.4, 0.5) is 0 Å². The van der Waals surface area contributed by atoms with E-state index in [0.29, 0.717) is 11.1 Å². The van der Waals surface area contributed by atoms with E-state index >= 15 is 0 Å². The number of thiophene rings is 1. The number of aromatic hydroxyl groups is 1. The molecule has 1 aliphatic heterocycles. The average Bonchev–Trinajstić information content (AvgIpc) is 3.45. The van der Waals surface area contributed by atoms with Gasteiger partial charge in [-0.1, -0.05) is 30.3 Å². The first kappa shape index (κ1) is 23.7. The van der Waals surface area contributed by atoms with Crippen molar-refractivity contribution in [2.75, 3.05) is 13.2 Å². The van der Waals surface area contributed by atoms with E-state index in [0.717, 1.165) is 10.4 Å². The van der Waals surface area contributed by atoms with E-state index in [1.165, 1.54) is 12.1 Å². The molecule has 0 aliphatic carbocycles. The number of carbonyl (C=O) groups is 3. The molecule has 3 N–H and O–H groups in total. The number of carbonyl (C=O) groups excluding carboxylic acids is 3. The molecule has 0 radical (unpaired) electrons. The quantitative estimate of drug-likeness (QED) is 0.482. The lowest BCUT2D eigenvalue weighted by atomic mass is 9.90. The molecule has 34 heavy (non-hydrogen) atoms. The standard InChI is InChI=1S/C26H26N2O5S/c1-16-26(2,23(30)15-33-16)28-25(32)21(17-9-11-20(29)12-10-17)14-27-24(31)19-7-5-18(6-8-19)22-4-3-13-34-22/h3-13,16,21,29H,14-15H2,1-2H3,(H,27,31)(H,28,32). The summed E-state index contributed by atoms with van der Waals surface area (Å²) in [4.78, 5) is 39.6. The molecular weight excluding hydrogens is 452 g/mol. The maximum atomic E-state index is 13.3. The number of rotatable bonds is 7. The maximum absolute atomic E-state index is 13.3. The van der Waals surface area contributed by atoms with Gasteiger partial charge in [-0.25, -0.2) is 0 Å². The molecule has 0 spiro atoms. The molecule has 1 aliphatic rings. The van der Waals surface area contributed by atoms with Crippen molar-refractivity contribution >= 4 is 28.9 Å². The molecule has 1 saturated heterocycles. The van der Waals surface area contributed by atoms with Gasteiger partial charge in [-0.15, -0.1) is 11.3 Å². The second kappa shape index (κ2) is 9.79. The van der Waals surface area contributed by atoms with Gasteiger partial charge in [0.2, 0.25) is 5.91 Å². The van der Waals surface area contributed by atoms with Gasteiger partial charge in [0.15, 0.2) is 5.78 Å². The van der Waals surface area contributed by atoms with Gasteiger partial charge in [-0.3, -0.25) is 14.4 Å². The Kier molecular flexibility index (Phi) is 6.81. The number of Topliss-reactive ketones (excluding diaryl/α,β-unsaturated/α-hetero) is 1. The van der Waals surface area contributed by atoms with E-state index in [-0.39, 0.29) is 30.6 Å². The minimum atomic E-state index is -1.14. The van der Waals surface area contributed by atoms with E-state index < -0.39 is 23.5 Å². The molecule has 4 rings (SSSR count). The lowest BCUT2D eigenvalue weighted by Gasteiger charge is -2.29. The highest BCUT2D eigenvalue weighted by Crippen LogP contribution is 2.26. The predicted molar refractivity (Wildman–Crippen MR) is 130 cm³/mol. The molecular formula is C26H26N2O5S. The number of phenolic OH excluding ortho intramolecular Hbond substituents is 1. The first-order valence-electron chi connectivity index (χ1n) is 11.0. The van der Waals surface area contributed by atoms with Crippen molar-refractivity contribution in [2.24, 2.45) is 0 Å². The topological polar surface area (TPSA) is 105 Å². The zero-order chi connectivity index (χ0) is 24.3. The SMILES string of the molecule is CC1OCC(=O)C1(C)NC(=O)C(CNC(=O)c1ccc(-c2cccs2)cc1)c1ccc(O)cc1. The van der Waals surface area contributed by atoms with Crippen LogP contribution in [0.1, 0.15) is 35.7 Å². The number of hydrogen-bond acceptors (Lipinski definition) is 6. The van der Waals surface area contributed by atoms with Gasteiger partial charge < -0.3 is 20.5 Å². The van der Waals surface area contributed by atoms with Crippen LogP contribution in [0.5, 0.6) is 5.75 Å². The van der Waals surface area contributed by atoms with Crippen molar-refractivity contribution in [1.29, 1.82) is 0 Å². The molecule has 2 amide bonds. The minimum absolute atomic E-state index is 0.0155. The predicted octanol–water partition coefficient (Wildman–Crippen LogP) is 3.50. The smallest absolute Gasteiger partial charge is 0.251 e. The Labute approximate surface area is 201 Å². The van der Waals surface area contributed by atoms with E-state index in [1.807, 2.05) is 29.6 Å². The molecule has 3 atom stereocenters. The van der Waals surface area contributed by atoms with Gasteiger partial charge in [-0.2, -0.15) is 0 Å². The summed E-state index contributed by atoms with van der Waals surface area (Å²) in [5, 5.41) is 17.3. The van der Waals surface area contributed by atoms with Crippen molar-refractivity contribution in [3.8, 4) is 16.2 Å². The van der Waals surface area contributed by atoms with Crippen LogP contribution >= 0.6 is 11.3 Å². The van der Waals surface area contributed by atoms with Crippen LogP contribution in [-0.2, 0) is 14.3 Å². The largest absolute Gasteiger partial charge is 0.508 e. The fourth-order valence-electron chi connectivity index (χ4n) is 3.85. The van der Waals surface area contributed by atoms with E-state index in [4.69, 9.17) is 4.74 Å². The van der Waals surface area contributed by atoms with Crippen LogP contribution in [0.3, 0.4) is 0 Å². The number of hydrogen-bond donors (Lipinski definition) is 3. The summed E-state index contributed by atoms with van der Waals surface area (Å²) in [6, 6.07) is 17.5. The fourth-order valence-corrected chi connectivity index (χ4v) is 4.59. The molecule has 1 aromatic heterocycles. The van der Waals surface area contributed by atoms with Crippen LogP contribution < -0.4 is 10.6 Å². The van der Waals surface area contributed by atoms with E-state index in [9.17, 15) is 19.5 Å². The molecule has 1 fully saturated rings. The van der Waals surface area contributed by atoms with Gasteiger partial charge in [0.05, 0.1) is 12.0 Å². The Morgan fingerprint density at radius 1 is 1.15 bits per heavy atom. The highest BCUT2D eigenvalue weighted by Gasteiger charge is 2.47. The molecule has 2 aromatic carbocycles. The molecule has 176 valence electrons. The Bertz CT molecular complexity index is 1170. The fraction of sp³-hybridized carbons (Fsp3) is 0.269. The van der Waals surface area contributed by atoms with Crippen LogP contribution in [-0.4, -0.2) is 47.5 Å². The number of ether oxygens (including phenoxy) is 1. The van der Waals surface area contributed by atoms with Gasteiger partial charge in [0.1, 0.15) is 17.9 Å². The molecule has 3 unspecified atom stereocenters. The van der Waals surface area contributed by atoms with Crippen molar-refractivity contribution in [3.05, 3.63) is 77.2 Å². The highest BCUT2D eigenvalue weighted by atomic mass is 32.1. The molecule has 2 heterocycles. The average molecular weight is 479 g/mol. The minimum Gasteiger partial charge on any atom is -0.508 e. The number of benzene rings is 2. The number of ketones is 1. The van der Waals surface area contributed by atoms with Crippen LogP contribution in [0.25, 0.3) is 10.4 Å². The molecule has 7 nitrogen and oxygen atoms in total. The lowest BCUT2D eigenvalue weighted by Crippen LogP contribution is -2.57. The second-order valence-corrected chi connectivity index (χ2v) is 9.42. The summed E-state index contributed by atoms with van der Waals surface area (Å²) in [5.41, 5.74) is 0.962. The Morgan fingerprint density at radius 2 is 1.85 bits per heavy atom. The number of phenols is 1. The van der Waals surface area contributed by atoms with Gasteiger partial charge in [0.25, 0.3) is 5.91 Å². The van der Waals surface area contributed by atoms with Gasteiger partial charge >= 0.3 is 0 Å². The lowest BCUT2D eigenvalue weighted by molar-refractivity contribution is -0.130. The van der Waals surface area contributed by atoms with Crippen molar-refractivity contribution in [3.63, 3.8) is 0 Å². The first-order valence-corrected chi connectivity index (χ1v) is 11.8. The summed E-state index contributed by atoms with van der Waals surface area (Å²) >= 11 is 1.62. The molecule has 8 heteroatoms. The Hall–Kier alpha value is -3.49. The second-order valence-electron chi connectivity index (χ2n) is 8.48. The number of amides is 2. The van der Waals surface area contributed by atoms with Gasteiger partial charge in [0, 0.05) is 17.0 Å². The molecule has 0 bridgehead atoms. The maximum Gasteiger partial charge on any atom is 0.251 e. The van der Waals surface area contributed by atoms with Gasteiger partial charge in [-0.05, 0) is 60.7 Å². The van der Waals surface area contributed by atoms with Crippen molar-refractivity contribution < 1.29 is 24.2 Å². The third kappa shape index (κ3) is 4.88. The van der Waals surface area contributed by atoms with Crippen molar-refractivity contribution in [1.82, 2.24) is 10.6 Å². The summed E-state index contributed by atoms with van der Waals surface area (Å²) in [6.45, 7) is 3.34. The zero-order valence-electron chi connectivity index (χ0n) is 18.9. The Balaban J connectivity index is 1.49. The van der Waals surface area contributed by atoms with Crippen LogP contribution in [0.15, 0.2) is 66.0 Å². The summed E-state index contributed by atoms with van der Waals surface area (Å²) in [7, 11) is 0. The first-order chi connectivity index (χ1) is 16.3. The molecule has 0 saturated carbocycles. The van der Waals surface area contributed by atoms with Crippen LogP contribution in [0, 0.1) is 0 Å². The normalized spacial score (nSPS) is 20.6. The third-order valence-electron chi connectivity index (χ3n) is 6.27. The summed E-state index contributed by atoms with van der Waals surface area (Å²) < 4.78 is 5.41. The summed E-state index contributed by atoms with van der Waals surface area (Å²) in [6.07, 6.45) is -0.471. The number of nitrogens with one attached hydrogen (secondary N) is 2.